The molecule has 0 bridgehead atoms. The zero-order chi connectivity index (χ0) is 13.2. The molecule has 0 radical (unpaired) electrons. The fourth-order valence-electron chi connectivity index (χ4n) is 2.26. The Bertz CT molecular complexity index is 746. The van der Waals surface area contributed by atoms with Gasteiger partial charge in [0.25, 0.3) is 0 Å². The lowest BCUT2D eigenvalue weighted by atomic mass is 10.2. The van der Waals surface area contributed by atoms with E-state index in [1.807, 2.05) is 35.1 Å². The van der Waals surface area contributed by atoms with Gasteiger partial charge in [-0.2, -0.15) is 10.4 Å². The number of nitrogens with zero attached hydrogens (tertiary/aromatic N) is 5. The van der Waals surface area contributed by atoms with E-state index in [9.17, 15) is 0 Å². The van der Waals surface area contributed by atoms with Gasteiger partial charge in [-0.15, -0.1) is 0 Å². The summed E-state index contributed by atoms with van der Waals surface area (Å²) in [5.41, 5.74) is 2.56. The molecule has 2 aromatic heterocycles. The number of rotatable bonds is 3. The Morgan fingerprint density at radius 1 is 1.37 bits per heavy atom. The first-order chi connectivity index (χ1) is 9.31. The molecule has 3 aromatic rings. The van der Waals surface area contributed by atoms with Crippen molar-refractivity contribution < 1.29 is 0 Å². The molecule has 0 aliphatic carbocycles. The van der Waals surface area contributed by atoms with Crippen molar-refractivity contribution in [1.82, 2.24) is 19.3 Å². The summed E-state index contributed by atoms with van der Waals surface area (Å²) in [6.45, 7) is 3.57. The molecule has 0 saturated carbocycles. The molecule has 2 heterocycles. The largest absolute Gasteiger partial charge is 0.327 e. The molecule has 0 aliphatic rings. The minimum absolute atomic E-state index is 0.636. The maximum absolute atomic E-state index is 8.94. The van der Waals surface area contributed by atoms with Crippen molar-refractivity contribution in [2.45, 2.75) is 20.0 Å². The Labute approximate surface area is 110 Å². The average Bonchev–Trinajstić information content (AvgIpc) is 3.05. The van der Waals surface area contributed by atoms with Gasteiger partial charge in [0.15, 0.2) is 0 Å². The van der Waals surface area contributed by atoms with Gasteiger partial charge in [-0.1, -0.05) is 0 Å². The number of aryl methyl sites for hydroxylation is 1. The highest BCUT2D eigenvalue weighted by atomic mass is 15.3. The second-order valence-corrected chi connectivity index (χ2v) is 4.29. The predicted octanol–water partition coefficient (Wildman–Crippen LogP) is 2.17. The van der Waals surface area contributed by atoms with E-state index >= 15 is 0 Å². The summed E-state index contributed by atoms with van der Waals surface area (Å²) in [7, 11) is 0. The molecule has 0 spiro atoms. The van der Waals surface area contributed by atoms with Gasteiger partial charge in [0, 0.05) is 18.9 Å². The van der Waals surface area contributed by atoms with Crippen LogP contribution in [0.1, 0.15) is 18.3 Å². The van der Waals surface area contributed by atoms with Crippen LogP contribution in [0.2, 0.25) is 0 Å². The number of fused-ring (bicyclic) bond motifs is 1. The molecule has 0 atom stereocenters. The van der Waals surface area contributed by atoms with Crippen molar-refractivity contribution in [1.29, 1.82) is 5.26 Å². The SMILES string of the molecule is CCn1c(Cn2cccn2)nc2cc(C#N)ccc21. The van der Waals surface area contributed by atoms with Crippen LogP contribution in [-0.2, 0) is 13.1 Å². The third-order valence-electron chi connectivity index (χ3n) is 3.14. The lowest BCUT2D eigenvalue weighted by Gasteiger charge is -2.05. The van der Waals surface area contributed by atoms with Crippen LogP contribution >= 0.6 is 0 Å². The molecule has 5 nitrogen and oxygen atoms in total. The van der Waals surface area contributed by atoms with Gasteiger partial charge >= 0.3 is 0 Å². The minimum atomic E-state index is 0.636. The molecule has 0 N–H and O–H groups in total. The Balaban J connectivity index is 2.11. The fourth-order valence-corrected chi connectivity index (χ4v) is 2.26. The van der Waals surface area contributed by atoms with Gasteiger partial charge < -0.3 is 4.57 Å². The Hall–Kier alpha value is -2.61. The van der Waals surface area contributed by atoms with Crippen LogP contribution in [0.5, 0.6) is 0 Å². The number of nitriles is 1. The smallest absolute Gasteiger partial charge is 0.131 e. The van der Waals surface area contributed by atoms with Gasteiger partial charge in [0.1, 0.15) is 5.82 Å². The average molecular weight is 251 g/mol. The maximum atomic E-state index is 8.94. The second-order valence-electron chi connectivity index (χ2n) is 4.29. The Kier molecular flexibility index (Phi) is 2.76. The van der Waals surface area contributed by atoms with Gasteiger partial charge in [0.2, 0.25) is 0 Å². The van der Waals surface area contributed by atoms with Crippen molar-refractivity contribution in [2.24, 2.45) is 0 Å². The molecule has 0 amide bonds. The first kappa shape index (κ1) is 11.5. The van der Waals surface area contributed by atoms with Gasteiger partial charge in [-0.3, -0.25) is 4.68 Å². The number of aromatic nitrogens is 4. The number of benzene rings is 1. The summed E-state index contributed by atoms with van der Waals surface area (Å²) < 4.78 is 4.00. The molecule has 1 aromatic carbocycles. The monoisotopic (exact) mass is 251 g/mol. The summed E-state index contributed by atoms with van der Waals surface area (Å²) in [6.07, 6.45) is 3.67. The Morgan fingerprint density at radius 2 is 2.26 bits per heavy atom. The van der Waals surface area contributed by atoms with E-state index in [1.54, 1.807) is 6.20 Å². The van der Waals surface area contributed by atoms with E-state index in [1.165, 1.54) is 0 Å². The summed E-state index contributed by atoms with van der Waals surface area (Å²) in [5.74, 6) is 0.955. The van der Waals surface area contributed by atoms with Crippen LogP contribution in [0.4, 0.5) is 0 Å². The summed E-state index contributed by atoms with van der Waals surface area (Å²) >= 11 is 0. The number of imidazole rings is 1. The van der Waals surface area contributed by atoms with E-state index in [0.717, 1.165) is 23.4 Å². The number of hydrogen-bond acceptors (Lipinski definition) is 3. The van der Waals surface area contributed by atoms with Crippen LogP contribution in [0, 0.1) is 11.3 Å². The third kappa shape index (κ3) is 1.97. The van der Waals surface area contributed by atoms with E-state index in [0.29, 0.717) is 12.1 Å². The lowest BCUT2D eigenvalue weighted by molar-refractivity contribution is 0.614. The van der Waals surface area contributed by atoms with E-state index in [-0.39, 0.29) is 0 Å². The maximum Gasteiger partial charge on any atom is 0.131 e. The van der Waals surface area contributed by atoms with Crippen LogP contribution < -0.4 is 0 Å². The second kappa shape index (κ2) is 4.58. The van der Waals surface area contributed by atoms with Crippen LogP contribution in [0.15, 0.2) is 36.7 Å². The van der Waals surface area contributed by atoms with Crippen LogP contribution in [-0.4, -0.2) is 19.3 Å². The van der Waals surface area contributed by atoms with Crippen LogP contribution in [0.25, 0.3) is 11.0 Å². The van der Waals surface area contributed by atoms with Gasteiger partial charge in [-0.25, -0.2) is 4.98 Å². The van der Waals surface area contributed by atoms with Crippen molar-refractivity contribution in [3.8, 4) is 6.07 Å². The zero-order valence-corrected chi connectivity index (χ0v) is 10.6. The van der Waals surface area contributed by atoms with E-state index < -0.39 is 0 Å². The first-order valence-electron chi connectivity index (χ1n) is 6.18. The van der Waals surface area contributed by atoms with Crippen LogP contribution in [0.3, 0.4) is 0 Å². The molecule has 0 saturated heterocycles. The molecule has 5 heteroatoms. The van der Waals surface area contributed by atoms with Crippen molar-refractivity contribution in [3.05, 3.63) is 48.0 Å². The highest BCUT2D eigenvalue weighted by molar-refractivity contribution is 5.77. The molecule has 3 rings (SSSR count). The Morgan fingerprint density at radius 3 is 2.95 bits per heavy atom. The molecular formula is C14H13N5. The van der Waals surface area contributed by atoms with Crippen molar-refractivity contribution >= 4 is 11.0 Å². The van der Waals surface area contributed by atoms with E-state index in [2.05, 4.69) is 27.6 Å². The van der Waals surface area contributed by atoms with Gasteiger partial charge in [0.05, 0.1) is 29.2 Å². The molecule has 0 aliphatic heterocycles. The molecule has 94 valence electrons. The third-order valence-corrected chi connectivity index (χ3v) is 3.14. The predicted molar refractivity (Wildman–Crippen MR) is 71.5 cm³/mol. The normalized spacial score (nSPS) is 10.7. The summed E-state index contributed by atoms with van der Waals surface area (Å²) in [4.78, 5) is 4.62. The first-order valence-corrected chi connectivity index (χ1v) is 6.18. The minimum Gasteiger partial charge on any atom is -0.327 e. The standard InChI is InChI=1S/C14H13N5/c1-2-19-13-5-4-11(9-15)8-12(13)17-14(19)10-18-7-3-6-16-18/h3-8H,2,10H2,1H3. The summed E-state index contributed by atoms with van der Waals surface area (Å²) in [6, 6.07) is 9.65. The van der Waals surface area contributed by atoms with E-state index in [4.69, 9.17) is 5.26 Å². The molecular weight excluding hydrogens is 238 g/mol. The van der Waals surface area contributed by atoms with Crippen molar-refractivity contribution in [3.63, 3.8) is 0 Å². The quantitative estimate of drug-likeness (QED) is 0.716. The number of hydrogen-bond donors (Lipinski definition) is 0. The zero-order valence-electron chi connectivity index (χ0n) is 10.6. The molecule has 0 unspecified atom stereocenters. The molecule has 0 fully saturated rings. The topological polar surface area (TPSA) is 59.4 Å². The lowest BCUT2D eigenvalue weighted by Crippen LogP contribution is -2.08. The molecule has 19 heavy (non-hydrogen) atoms. The van der Waals surface area contributed by atoms with Crippen molar-refractivity contribution in [2.75, 3.05) is 0 Å². The highest BCUT2D eigenvalue weighted by Crippen LogP contribution is 2.18. The highest BCUT2D eigenvalue weighted by Gasteiger charge is 2.10. The van der Waals surface area contributed by atoms with Gasteiger partial charge in [-0.05, 0) is 31.2 Å². The fraction of sp³-hybridized carbons (Fsp3) is 0.214. The summed E-state index contributed by atoms with van der Waals surface area (Å²) in [5, 5.41) is 13.1.